The Balaban J connectivity index is 3.40. The number of halogens is 1. The molecule has 0 atom stereocenters. The fraction of sp³-hybridized carbons (Fsp3) is 0.400. The molecule has 0 fully saturated rings. The molecule has 0 saturated heterocycles. The molecule has 74 valence electrons. The van der Waals surface area contributed by atoms with Crippen molar-refractivity contribution in [3.05, 3.63) is 34.5 Å². The molecule has 0 radical (unpaired) electrons. The molecule has 0 N–H and O–H groups in total. The second kappa shape index (κ2) is 9.95. The molecule has 0 aromatic carbocycles. The average molecular weight is 294 g/mol. The van der Waals surface area contributed by atoms with Crippen molar-refractivity contribution in [3.8, 4) is 0 Å². The van der Waals surface area contributed by atoms with Crippen molar-refractivity contribution in [2.24, 2.45) is 0 Å². The van der Waals surface area contributed by atoms with Crippen molar-refractivity contribution in [1.29, 1.82) is 0 Å². The van der Waals surface area contributed by atoms with E-state index in [0.717, 1.165) is 10.0 Å². The smallest absolute Gasteiger partial charge is 0.0856 e. The van der Waals surface area contributed by atoms with Crippen LogP contribution in [-0.4, -0.2) is 13.2 Å². The molecule has 0 rings (SSSR count). The number of hydrogen-bond acceptors (Lipinski definition) is 2. The third-order valence-corrected chi connectivity index (χ3v) is 1.84. The first-order valence-corrected chi connectivity index (χ1v) is 5.28. The van der Waals surface area contributed by atoms with Crippen LogP contribution >= 0.6 is 22.6 Å². The van der Waals surface area contributed by atoms with E-state index in [4.69, 9.17) is 9.78 Å². The van der Waals surface area contributed by atoms with Gasteiger partial charge in [-0.05, 0) is 42.0 Å². The van der Waals surface area contributed by atoms with Gasteiger partial charge in [0.25, 0.3) is 0 Å². The van der Waals surface area contributed by atoms with Crippen LogP contribution in [0.3, 0.4) is 0 Å². The lowest BCUT2D eigenvalue weighted by molar-refractivity contribution is -0.290. The van der Waals surface area contributed by atoms with Crippen molar-refractivity contribution in [2.75, 3.05) is 13.2 Å². The molecule has 0 aromatic rings. The van der Waals surface area contributed by atoms with Crippen molar-refractivity contribution in [2.45, 2.75) is 13.3 Å². The van der Waals surface area contributed by atoms with Gasteiger partial charge in [0.05, 0.1) is 13.2 Å². The molecule has 0 amide bonds. The molecule has 0 bridgehead atoms. The maximum atomic E-state index is 4.83. The Morgan fingerprint density at radius 1 is 1.46 bits per heavy atom. The summed E-state index contributed by atoms with van der Waals surface area (Å²) in [4.78, 5) is 9.55. The van der Waals surface area contributed by atoms with Crippen LogP contribution in [-0.2, 0) is 9.78 Å². The highest BCUT2D eigenvalue weighted by molar-refractivity contribution is 14.1. The molecule has 3 heteroatoms. The molecule has 0 heterocycles. The minimum absolute atomic E-state index is 0.595. The molecular formula is C10H15IO2. The van der Waals surface area contributed by atoms with E-state index in [1.807, 2.05) is 25.2 Å². The zero-order valence-electron chi connectivity index (χ0n) is 7.83. The molecule has 0 spiro atoms. The standard InChI is InChI=1S/C10H15IO2/c1-3-7-10(11)8-5-6-9-13-12-4-2/h3,5,7-8H,1,4,6,9H2,2H3/b8-5-,10-7+. The lowest BCUT2D eigenvalue weighted by atomic mass is 10.3. The molecule has 0 unspecified atom stereocenters. The number of allylic oxidation sites excluding steroid dienone is 4. The second-order valence-electron chi connectivity index (χ2n) is 2.21. The zero-order chi connectivity index (χ0) is 9.94. The van der Waals surface area contributed by atoms with Gasteiger partial charge >= 0.3 is 0 Å². The van der Waals surface area contributed by atoms with Gasteiger partial charge in [0.1, 0.15) is 0 Å². The SMILES string of the molecule is C=C/C=C(I)\C=C/CCOOCC. The van der Waals surface area contributed by atoms with Gasteiger partial charge in [-0.1, -0.05) is 24.8 Å². The summed E-state index contributed by atoms with van der Waals surface area (Å²) in [5.74, 6) is 0. The Hall–Kier alpha value is -0.130. The largest absolute Gasteiger partial charge is 0.237 e. The van der Waals surface area contributed by atoms with E-state index in [0.29, 0.717) is 13.2 Å². The predicted octanol–water partition coefficient (Wildman–Crippen LogP) is 3.41. The Morgan fingerprint density at radius 3 is 2.85 bits per heavy atom. The molecule has 0 saturated carbocycles. The monoisotopic (exact) mass is 294 g/mol. The Morgan fingerprint density at radius 2 is 2.23 bits per heavy atom. The highest BCUT2D eigenvalue weighted by atomic mass is 127. The number of rotatable bonds is 7. The van der Waals surface area contributed by atoms with Gasteiger partial charge in [-0.15, -0.1) is 0 Å². The van der Waals surface area contributed by atoms with Crippen LogP contribution in [0.4, 0.5) is 0 Å². The summed E-state index contributed by atoms with van der Waals surface area (Å²) in [7, 11) is 0. The van der Waals surface area contributed by atoms with E-state index >= 15 is 0 Å². The average Bonchev–Trinajstić information content (AvgIpc) is 2.11. The third kappa shape index (κ3) is 9.79. The Labute approximate surface area is 93.4 Å². The van der Waals surface area contributed by atoms with Crippen LogP contribution < -0.4 is 0 Å². The van der Waals surface area contributed by atoms with E-state index in [1.54, 1.807) is 6.08 Å². The van der Waals surface area contributed by atoms with Crippen molar-refractivity contribution in [3.63, 3.8) is 0 Å². The predicted molar refractivity (Wildman–Crippen MR) is 63.6 cm³/mol. The van der Waals surface area contributed by atoms with E-state index in [2.05, 4.69) is 29.2 Å². The summed E-state index contributed by atoms with van der Waals surface area (Å²) < 4.78 is 1.16. The maximum absolute atomic E-state index is 4.83. The topological polar surface area (TPSA) is 18.5 Å². The second-order valence-corrected chi connectivity index (χ2v) is 3.45. The van der Waals surface area contributed by atoms with Gasteiger partial charge < -0.3 is 0 Å². The van der Waals surface area contributed by atoms with Crippen LogP contribution in [0.15, 0.2) is 34.5 Å². The lowest BCUT2D eigenvalue weighted by Gasteiger charge is -1.97. The van der Waals surface area contributed by atoms with Crippen LogP contribution in [0, 0.1) is 0 Å². The van der Waals surface area contributed by atoms with Gasteiger partial charge in [0.2, 0.25) is 0 Å². The first-order chi connectivity index (χ1) is 6.31. The lowest BCUT2D eigenvalue weighted by Crippen LogP contribution is -1.94. The highest BCUT2D eigenvalue weighted by Gasteiger charge is 1.84. The maximum Gasteiger partial charge on any atom is 0.0856 e. The fourth-order valence-corrected chi connectivity index (χ4v) is 1.13. The molecule has 13 heavy (non-hydrogen) atoms. The van der Waals surface area contributed by atoms with E-state index in [9.17, 15) is 0 Å². The summed E-state index contributed by atoms with van der Waals surface area (Å²) in [5.41, 5.74) is 0. The third-order valence-electron chi connectivity index (χ3n) is 1.12. The van der Waals surface area contributed by atoms with Crippen LogP contribution in [0.2, 0.25) is 0 Å². The van der Waals surface area contributed by atoms with Gasteiger partial charge in [0.15, 0.2) is 0 Å². The molecule has 0 aliphatic rings. The fourth-order valence-electron chi connectivity index (χ4n) is 0.622. The quantitative estimate of drug-likeness (QED) is 0.235. The van der Waals surface area contributed by atoms with E-state index in [1.165, 1.54) is 0 Å². The summed E-state index contributed by atoms with van der Waals surface area (Å²) >= 11 is 2.24. The first-order valence-electron chi connectivity index (χ1n) is 4.20. The van der Waals surface area contributed by atoms with Crippen LogP contribution in [0.5, 0.6) is 0 Å². The van der Waals surface area contributed by atoms with Crippen LogP contribution in [0.1, 0.15) is 13.3 Å². The van der Waals surface area contributed by atoms with E-state index in [-0.39, 0.29) is 0 Å². The Kier molecular flexibility index (Phi) is 9.85. The highest BCUT2D eigenvalue weighted by Crippen LogP contribution is 2.07. The molecule has 0 aromatic heterocycles. The summed E-state index contributed by atoms with van der Waals surface area (Å²) in [5, 5.41) is 0. The zero-order valence-corrected chi connectivity index (χ0v) is 9.99. The summed E-state index contributed by atoms with van der Waals surface area (Å²) in [6.07, 6.45) is 8.64. The van der Waals surface area contributed by atoms with Gasteiger partial charge in [-0.3, -0.25) is 0 Å². The number of hydrogen-bond donors (Lipinski definition) is 0. The molecule has 2 nitrogen and oxygen atoms in total. The van der Waals surface area contributed by atoms with Crippen LogP contribution in [0.25, 0.3) is 0 Å². The van der Waals surface area contributed by atoms with Crippen molar-refractivity contribution >= 4 is 22.6 Å². The molecule has 0 aliphatic carbocycles. The summed E-state index contributed by atoms with van der Waals surface area (Å²) in [6.45, 7) is 6.70. The minimum atomic E-state index is 0.595. The molecule has 0 aliphatic heterocycles. The van der Waals surface area contributed by atoms with E-state index < -0.39 is 0 Å². The van der Waals surface area contributed by atoms with Gasteiger partial charge in [-0.25, -0.2) is 9.78 Å². The van der Waals surface area contributed by atoms with Crippen molar-refractivity contribution in [1.82, 2.24) is 0 Å². The summed E-state index contributed by atoms with van der Waals surface area (Å²) in [6, 6.07) is 0. The van der Waals surface area contributed by atoms with Gasteiger partial charge in [0, 0.05) is 3.58 Å². The van der Waals surface area contributed by atoms with Crippen molar-refractivity contribution < 1.29 is 9.78 Å². The molecular weight excluding hydrogens is 279 g/mol. The first kappa shape index (κ1) is 12.9. The normalized spacial score (nSPS) is 12.3. The Bertz CT molecular complexity index is 185. The minimum Gasteiger partial charge on any atom is -0.237 e. The van der Waals surface area contributed by atoms with Gasteiger partial charge in [-0.2, -0.15) is 0 Å².